The number of halogens is 1. The van der Waals surface area contributed by atoms with E-state index in [0.29, 0.717) is 23.4 Å². The van der Waals surface area contributed by atoms with Gasteiger partial charge in [-0.25, -0.2) is 14.8 Å². The molecular formula is C17H16ClN5O3. The molecule has 0 aliphatic rings. The summed E-state index contributed by atoms with van der Waals surface area (Å²) in [5.41, 5.74) is 6.02. The molecule has 0 bridgehead atoms. The molecule has 0 aliphatic heterocycles. The van der Waals surface area contributed by atoms with Crippen LogP contribution in [-0.4, -0.2) is 25.7 Å². The Balaban J connectivity index is 2.37. The molecule has 1 atom stereocenters. The van der Waals surface area contributed by atoms with Gasteiger partial charge in [-0.05, 0) is 30.7 Å². The fourth-order valence-electron chi connectivity index (χ4n) is 2.72. The molecule has 0 aliphatic carbocycles. The third kappa shape index (κ3) is 3.18. The molecule has 26 heavy (non-hydrogen) atoms. The summed E-state index contributed by atoms with van der Waals surface area (Å²) in [5, 5.41) is 12.0. The zero-order valence-corrected chi connectivity index (χ0v) is 14.6. The second kappa shape index (κ2) is 7.01. The molecule has 2 heterocycles. The third-order valence-electron chi connectivity index (χ3n) is 3.92. The van der Waals surface area contributed by atoms with Gasteiger partial charge in [-0.2, -0.15) is 0 Å². The summed E-state index contributed by atoms with van der Waals surface area (Å²) in [4.78, 5) is 32.8. The lowest BCUT2D eigenvalue weighted by molar-refractivity contribution is 0.188. The Hall–Kier alpha value is -3.13. The minimum Gasteiger partial charge on any atom is -0.465 e. The average Bonchev–Trinajstić information content (AvgIpc) is 2.60. The molecule has 0 radical (unpaired) electrons. The van der Waals surface area contributed by atoms with Crippen molar-refractivity contribution in [3.05, 3.63) is 57.7 Å². The number of carboxylic acid groups (broad SMARTS) is 1. The number of pyridine rings is 1. The van der Waals surface area contributed by atoms with Crippen LogP contribution >= 0.6 is 11.6 Å². The molecule has 0 saturated carbocycles. The predicted octanol–water partition coefficient (Wildman–Crippen LogP) is 2.74. The molecule has 0 spiro atoms. The van der Waals surface area contributed by atoms with E-state index in [4.69, 9.17) is 22.4 Å². The van der Waals surface area contributed by atoms with Crippen LogP contribution in [-0.2, 0) is 0 Å². The van der Waals surface area contributed by atoms with Gasteiger partial charge >= 0.3 is 6.09 Å². The molecule has 134 valence electrons. The van der Waals surface area contributed by atoms with E-state index in [2.05, 4.69) is 15.3 Å². The van der Waals surface area contributed by atoms with Gasteiger partial charge in [0.25, 0.3) is 5.56 Å². The van der Waals surface area contributed by atoms with Gasteiger partial charge in [-0.15, -0.1) is 0 Å². The summed E-state index contributed by atoms with van der Waals surface area (Å²) >= 11 is 6.20. The second-order valence-electron chi connectivity index (χ2n) is 5.60. The topological polar surface area (TPSA) is 123 Å². The van der Waals surface area contributed by atoms with Crippen LogP contribution in [0.15, 0.2) is 41.3 Å². The van der Waals surface area contributed by atoms with Crippen molar-refractivity contribution in [3.8, 4) is 5.69 Å². The molecule has 1 aromatic carbocycles. The number of nitrogens with zero attached hydrogens (tertiary/aromatic N) is 3. The zero-order valence-electron chi connectivity index (χ0n) is 13.8. The van der Waals surface area contributed by atoms with Crippen molar-refractivity contribution in [1.82, 2.24) is 19.9 Å². The Kier molecular flexibility index (Phi) is 4.77. The lowest BCUT2D eigenvalue weighted by Gasteiger charge is -2.20. The monoisotopic (exact) mass is 373 g/mol. The molecule has 2 aromatic heterocycles. The maximum absolute atomic E-state index is 13.2. The van der Waals surface area contributed by atoms with Crippen molar-refractivity contribution in [3.63, 3.8) is 0 Å². The Labute approximate surface area is 153 Å². The SMILES string of the molecule is CC[C@H](NC(=O)O)c1nc2cccc(Cl)c2c(=O)n1-c1ccc(N)nc1. The first-order chi connectivity index (χ1) is 12.4. The fraction of sp³-hybridized carbons (Fsp3) is 0.176. The quantitative estimate of drug-likeness (QED) is 0.646. The summed E-state index contributed by atoms with van der Waals surface area (Å²) in [5.74, 6) is 0.548. The number of nitrogen functional groups attached to an aromatic ring is 1. The van der Waals surface area contributed by atoms with Crippen LogP contribution in [0.5, 0.6) is 0 Å². The summed E-state index contributed by atoms with van der Waals surface area (Å²) in [6.45, 7) is 1.79. The second-order valence-corrected chi connectivity index (χ2v) is 6.00. The van der Waals surface area contributed by atoms with E-state index in [1.54, 1.807) is 37.3 Å². The summed E-state index contributed by atoms with van der Waals surface area (Å²) < 4.78 is 1.31. The standard InChI is InChI=1S/C17H16ClN5O3/c1-2-11(22-17(25)26)15-21-12-5-3-4-10(18)14(12)16(24)23(15)9-6-7-13(19)20-8-9/h3-8,11,22H,2H2,1H3,(H2,19,20)(H,25,26)/t11-/m0/s1. The number of benzene rings is 1. The number of anilines is 1. The highest BCUT2D eigenvalue weighted by Gasteiger charge is 2.22. The van der Waals surface area contributed by atoms with Crippen LogP contribution in [0.4, 0.5) is 10.6 Å². The van der Waals surface area contributed by atoms with E-state index in [1.807, 2.05) is 0 Å². The molecule has 0 unspecified atom stereocenters. The maximum Gasteiger partial charge on any atom is 0.405 e. The first kappa shape index (κ1) is 17.7. The van der Waals surface area contributed by atoms with Gasteiger partial charge in [0.1, 0.15) is 11.6 Å². The normalized spacial score (nSPS) is 12.1. The first-order valence-corrected chi connectivity index (χ1v) is 8.22. The van der Waals surface area contributed by atoms with E-state index >= 15 is 0 Å². The van der Waals surface area contributed by atoms with E-state index < -0.39 is 17.7 Å². The average molecular weight is 374 g/mol. The van der Waals surface area contributed by atoms with E-state index in [1.165, 1.54) is 10.8 Å². The number of hydrogen-bond donors (Lipinski definition) is 3. The molecule has 0 fully saturated rings. The number of rotatable bonds is 4. The summed E-state index contributed by atoms with van der Waals surface area (Å²) in [7, 11) is 0. The Morgan fingerprint density at radius 3 is 2.77 bits per heavy atom. The van der Waals surface area contributed by atoms with Gasteiger partial charge < -0.3 is 16.2 Å². The number of hydrogen-bond acceptors (Lipinski definition) is 5. The molecule has 3 rings (SSSR count). The summed E-state index contributed by atoms with van der Waals surface area (Å²) in [6, 6.07) is 7.41. The lowest BCUT2D eigenvalue weighted by atomic mass is 10.1. The van der Waals surface area contributed by atoms with Crippen molar-refractivity contribution in [2.75, 3.05) is 5.73 Å². The molecule has 9 heteroatoms. The molecule has 4 N–H and O–H groups in total. The van der Waals surface area contributed by atoms with Crippen LogP contribution in [0.25, 0.3) is 16.6 Å². The minimum atomic E-state index is -1.21. The number of fused-ring (bicyclic) bond motifs is 1. The minimum absolute atomic E-state index is 0.250. The molecule has 0 saturated heterocycles. The van der Waals surface area contributed by atoms with E-state index in [-0.39, 0.29) is 16.2 Å². The number of nitrogens with two attached hydrogens (primary N) is 1. The number of nitrogens with one attached hydrogen (secondary N) is 1. The molecule has 8 nitrogen and oxygen atoms in total. The third-order valence-corrected chi connectivity index (χ3v) is 4.23. The maximum atomic E-state index is 13.2. The number of aromatic nitrogens is 3. The number of amides is 1. The highest BCUT2D eigenvalue weighted by molar-refractivity contribution is 6.35. The van der Waals surface area contributed by atoms with Gasteiger partial charge in [0.2, 0.25) is 0 Å². The van der Waals surface area contributed by atoms with Gasteiger partial charge in [0.05, 0.1) is 33.9 Å². The smallest absolute Gasteiger partial charge is 0.405 e. The van der Waals surface area contributed by atoms with Crippen molar-refractivity contribution >= 4 is 34.4 Å². The highest BCUT2D eigenvalue weighted by atomic mass is 35.5. The van der Waals surface area contributed by atoms with Gasteiger partial charge in [0.15, 0.2) is 0 Å². The van der Waals surface area contributed by atoms with Crippen molar-refractivity contribution in [2.24, 2.45) is 0 Å². The Morgan fingerprint density at radius 2 is 2.15 bits per heavy atom. The van der Waals surface area contributed by atoms with Gasteiger partial charge in [-0.1, -0.05) is 24.6 Å². The van der Waals surface area contributed by atoms with Crippen LogP contribution in [0.3, 0.4) is 0 Å². The largest absolute Gasteiger partial charge is 0.465 e. The van der Waals surface area contributed by atoms with Gasteiger partial charge in [0, 0.05) is 0 Å². The van der Waals surface area contributed by atoms with Gasteiger partial charge in [-0.3, -0.25) is 9.36 Å². The predicted molar refractivity (Wildman–Crippen MR) is 98.7 cm³/mol. The van der Waals surface area contributed by atoms with Crippen LogP contribution in [0.1, 0.15) is 25.2 Å². The molecule has 1 amide bonds. The molecule has 3 aromatic rings. The van der Waals surface area contributed by atoms with Crippen molar-refractivity contribution < 1.29 is 9.90 Å². The highest BCUT2D eigenvalue weighted by Crippen LogP contribution is 2.24. The lowest BCUT2D eigenvalue weighted by Crippen LogP contribution is -2.33. The zero-order chi connectivity index (χ0) is 18.8. The molecular weight excluding hydrogens is 358 g/mol. The van der Waals surface area contributed by atoms with E-state index in [0.717, 1.165) is 0 Å². The Morgan fingerprint density at radius 1 is 1.38 bits per heavy atom. The van der Waals surface area contributed by atoms with Crippen molar-refractivity contribution in [1.29, 1.82) is 0 Å². The summed E-state index contributed by atoms with van der Waals surface area (Å²) in [6.07, 6.45) is 0.616. The van der Waals surface area contributed by atoms with Crippen LogP contribution in [0, 0.1) is 0 Å². The number of carbonyl (C=O) groups is 1. The van der Waals surface area contributed by atoms with Crippen molar-refractivity contribution in [2.45, 2.75) is 19.4 Å². The van der Waals surface area contributed by atoms with E-state index in [9.17, 15) is 9.59 Å². The van der Waals surface area contributed by atoms with Crippen LogP contribution in [0.2, 0.25) is 5.02 Å². The fourth-order valence-corrected chi connectivity index (χ4v) is 2.97. The van der Waals surface area contributed by atoms with Crippen LogP contribution < -0.4 is 16.6 Å². The first-order valence-electron chi connectivity index (χ1n) is 7.85. The Bertz CT molecular complexity index is 1030.